The number of rotatable bonds is 4. The van der Waals surface area contributed by atoms with Crippen molar-refractivity contribution in [2.24, 2.45) is 10.9 Å². The predicted octanol–water partition coefficient (Wildman–Crippen LogP) is 2.67. The summed E-state index contributed by atoms with van der Waals surface area (Å²) >= 11 is 0. The fourth-order valence-electron chi connectivity index (χ4n) is 3.90. The number of likely N-dealkylation sites (tertiary alicyclic amines) is 1. The van der Waals surface area contributed by atoms with E-state index < -0.39 is 11.6 Å². The molecule has 0 aromatic heterocycles. The third kappa shape index (κ3) is 6.17. The van der Waals surface area contributed by atoms with Gasteiger partial charge in [0.1, 0.15) is 11.6 Å². The van der Waals surface area contributed by atoms with E-state index in [0.29, 0.717) is 18.2 Å². The summed E-state index contributed by atoms with van der Waals surface area (Å²) in [4.78, 5) is 8.65. The van der Waals surface area contributed by atoms with Crippen LogP contribution in [-0.2, 0) is 0 Å². The highest BCUT2D eigenvalue weighted by Gasteiger charge is 2.25. The van der Waals surface area contributed by atoms with Crippen LogP contribution in [-0.4, -0.2) is 63.7 Å². The molecule has 8 heteroatoms. The Labute approximate surface area is 177 Å². The number of hydrogen-bond acceptors (Lipinski definition) is 3. The van der Waals surface area contributed by atoms with Gasteiger partial charge >= 0.3 is 0 Å². The van der Waals surface area contributed by atoms with Gasteiger partial charge in [0.2, 0.25) is 0 Å². The Hall–Kier alpha value is -1.16. The van der Waals surface area contributed by atoms with Crippen molar-refractivity contribution < 1.29 is 8.78 Å². The number of halogens is 3. The van der Waals surface area contributed by atoms with Crippen LogP contribution < -0.4 is 15.5 Å². The highest BCUT2D eigenvalue weighted by molar-refractivity contribution is 14.0. The van der Waals surface area contributed by atoms with Gasteiger partial charge in [-0.2, -0.15) is 0 Å². The monoisotopic (exact) mass is 493 g/mol. The standard InChI is InChI=1S/C19H29F2N5.HI/c1-22-19(23-11-14-4-3-8-25(2)12-14)24-16-7-9-26(13-16)18-6-5-15(20)10-17(18)21;/h5-6,10,14,16H,3-4,7-9,11-13H2,1-2H3,(H2,22,23,24);1H. The summed E-state index contributed by atoms with van der Waals surface area (Å²) in [5.74, 6) is 0.387. The Morgan fingerprint density at radius 1 is 1.22 bits per heavy atom. The predicted molar refractivity (Wildman–Crippen MR) is 117 cm³/mol. The van der Waals surface area contributed by atoms with Gasteiger partial charge < -0.3 is 20.4 Å². The molecule has 2 aliphatic heterocycles. The number of piperidine rings is 1. The van der Waals surface area contributed by atoms with Gasteiger partial charge in [0.15, 0.2) is 5.96 Å². The van der Waals surface area contributed by atoms with Crippen molar-refractivity contribution in [1.29, 1.82) is 0 Å². The van der Waals surface area contributed by atoms with Gasteiger partial charge in [-0.3, -0.25) is 4.99 Å². The lowest BCUT2D eigenvalue weighted by atomic mass is 9.99. The minimum atomic E-state index is -0.543. The van der Waals surface area contributed by atoms with Crippen LogP contribution in [0.3, 0.4) is 0 Å². The molecule has 3 rings (SSSR count). The molecule has 0 saturated carbocycles. The second-order valence-corrected chi connectivity index (χ2v) is 7.40. The van der Waals surface area contributed by atoms with Crippen LogP contribution in [0.15, 0.2) is 23.2 Å². The number of guanidine groups is 1. The van der Waals surface area contributed by atoms with Gasteiger partial charge in [-0.15, -0.1) is 24.0 Å². The molecule has 1 aromatic rings. The summed E-state index contributed by atoms with van der Waals surface area (Å²) in [6, 6.07) is 3.96. The molecule has 2 saturated heterocycles. The van der Waals surface area contributed by atoms with E-state index in [0.717, 1.165) is 38.1 Å². The van der Waals surface area contributed by atoms with Crippen LogP contribution in [0, 0.1) is 17.6 Å². The van der Waals surface area contributed by atoms with Crippen molar-refractivity contribution >= 4 is 35.6 Å². The zero-order valence-corrected chi connectivity index (χ0v) is 18.4. The van der Waals surface area contributed by atoms with Crippen LogP contribution in [0.4, 0.5) is 14.5 Å². The first kappa shape index (κ1) is 22.1. The van der Waals surface area contributed by atoms with E-state index >= 15 is 0 Å². The largest absolute Gasteiger partial charge is 0.367 e. The highest BCUT2D eigenvalue weighted by atomic mass is 127. The summed E-state index contributed by atoms with van der Waals surface area (Å²) in [6.07, 6.45) is 3.38. The zero-order chi connectivity index (χ0) is 18.5. The maximum absolute atomic E-state index is 14.0. The molecular formula is C19H30F2IN5. The lowest BCUT2D eigenvalue weighted by Gasteiger charge is -2.30. The molecule has 2 atom stereocenters. The van der Waals surface area contributed by atoms with Gasteiger partial charge in [-0.1, -0.05) is 0 Å². The van der Waals surface area contributed by atoms with E-state index in [2.05, 4.69) is 27.6 Å². The van der Waals surface area contributed by atoms with E-state index in [1.807, 2.05) is 4.90 Å². The molecule has 2 aliphatic rings. The smallest absolute Gasteiger partial charge is 0.191 e. The molecule has 0 bridgehead atoms. The summed E-state index contributed by atoms with van der Waals surface area (Å²) < 4.78 is 27.1. The molecule has 0 radical (unpaired) electrons. The number of nitrogens with one attached hydrogen (secondary N) is 2. The van der Waals surface area contributed by atoms with Crippen LogP contribution in [0.1, 0.15) is 19.3 Å². The van der Waals surface area contributed by atoms with E-state index in [-0.39, 0.29) is 30.0 Å². The van der Waals surface area contributed by atoms with Crippen LogP contribution in [0.25, 0.3) is 0 Å². The van der Waals surface area contributed by atoms with Crippen LogP contribution in [0.2, 0.25) is 0 Å². The Balaban J connectivity index is 0.00000261. The number of hydrogen-bond donors (Lipinski definition) is 2. The van der Waals surface area contributed by atoms with Gasteiger partial charge in [0.05, 0.1) is 5.69 Å². The van der Waals surface area contributed by atoms with E-state index in [9.17, 15) is 8.78 Å². The van der Waals surface area contributed by atoms with Crippen molar-refractivity contribution in [2.75, 3.05) is 51.7 Å². The van der Waals surface area contributed by atoms with E-state index in [1.54, 1.807) is 7.05 Å². The Kier molecular flexibility index (Phi) is 8.53. The third-order valence-electron chi connectivity index (χ3n) is 5.28. The zero-order valence-electron chi connectivity index (χ0n) is 16.0. The first-order valence-electron chi connectivity index (χ1n) is 9.41. The maximum Gasteiger partial charge on any atom is 0.191 e. The molecule has 5 nitrogen and oxygen atoms in total. The summed E-state index contributed by atoms with van der Waals surface area (Å²) in [5.41, 5.74) is 0.462. The molecule has 152 valence electrons. The molecule has 0 spiro atoms. The highest BCUT2D eigenvalue weighted by Crippen LogP contribution is 2.24. The summed E-state index contributed by atoms with van der Waals surface area (Å²) in [7, 11) is 3.94. The number of nitrogens with zero attached hydrogens (tertiary/aromatic N) is 3. The summed E-state index contributed by atoms with van der Waals surface area (Å²) in [6.45, 7) is 4.62. The molecule has 1 aromatic carbocycles. The molecule has 2 fully saturated rings. The second kappa shape index (κ2) is 10.4. The molecule has 27 heavy (non-hydrogen) atoms. The summed E-state index contributed by atoms with van der Waals surface area (Å²) in [5, 5.41) is 6.86. The van der Waals surface area contributed by atoms with Crippen molar-refractivity contribution in [1.82, 2.24) is 15.5 Å². The molecule has 0 aliphatic carbocycles. The van der Waals surface area contributed by atoms with Crippen molar-refractivity contribution in [2.45, 2.75) is 25.3 Å². The molecule has 2 unspecified atom stereocenters. The van der Waals surface area contributed by atoms with Gasteiger partial charge in [-0.05, 0) is 50.9 Å². The Morgan fingerprint density at radius 3 is 2.74 bits per heavy atom. The molecular weight excluding hydrogens is 463 g/mol. The van der Waals surface area contributed by atoms with Gasteiger partial charge in [0, 0.05) is 45.3 Å². The third-order valence-corrected chi connectivity index (χ3v) is 5.28. The quantitative estimate of drug-likeness (QED) is 0.385. The van der Waals surface area contributed by atoms with Gasteiger partial charge in [0.25, 0.3) is 0 Å². The van der Waals surface area contributed by atoms with Crippen LogP contribution >= 0.6 is 24.0 Å². The van der Waals surface area contributed by atoms with Crippen molar-refractivity contribution in [3.05, 3.63) is 29.8 Å². The Bertz CT molecular complexity index is 643. The average molecular weight is 493 g/mol. The first-order chi connectivity index (χ1) is 12.5. The average Bonchev–Trinajstić information content (AvgIpc) is 3.07. The number of anilines is 1. The minimum Gasteiger partial charge on any atom is -0.367 e. The minimum absolute atomic E-state index is 0. The number of benzene rings is 1. The first-order valence-corrected chi connectivity index (χ1v) is 9.41. The molecule has 2 N–H and O–H groups in total. The second-order valence-electron chi connectivity index (χ2n) is 7.40. The molecule has 2 heterocycles. The van der Waals surface area contributed by atoms with E-state index in [4.69, 9.17) is 0 Å². The van der Waals surface area contributed by atoms with Crippen LogP contribution in [0.5, 0.6) is 0 Å². The van der Waals surface area contributed by atoms with E-state index in [1.165, 1.54) is 31.5 Å². The van der Waals surface area contributed by atoms with Crippen molar-refractivity contribution in [3.8, 4) is 0 Å². The normalized spacial score (nSPS) is 23.9. The van der Waals surface area contributed by atoms with Gasteiger partial charge in [-0.25, -0.2) is 8.78 Å². The fraction of sp³-hybridized carbons (Fsp3) is 0.632. The number of aliphatic imine (C=N–C) groups is 1. The lowest BCUT2D eigenvalue weighted by Crippen LogP contribution is -2.47. The topological polar surface area (TPSA) is 42.9 Å². The Morgan fingerprint density at radius 2 is 2.04 bits per heavy atom. The fourth-order valence-corrected chi connectivity index (χ4v) is 3.90. The lowest BCUT2D eigenvalue weighted by molar-refractivity contribution is 0.210. The molecule has 0 amide bonds. The SMILES string of the molecule is CN=C(NCC1CCCN(C)C1)NC1CCN(c2ccc(F)cc2F)C1.I. The maximum atomic E-state index is 14.0. The van der Waals surface area contributed by atoms with Crippen molar-refractivity contribution in [3.63, 3.8) is 0 Å².